The van der Waals surface area contributed by atoms with Crippen molar-refractivity contribution >= 4 is 0 Å². The predicted molar refractivity (Wildman–Crippen MR) is 58.2 cm³/mol. The van der Waals surface area contributed by atoms with E-state index in [4.69, 9.17) is 0 Å². The molecule has 0 saturated carbocycles. The van der Waals surface area contributed by atoms with Crippen LogP contribution < -0.4 is 0 Å². The van der Waals surface area contributed by atoms with Gasteiger partial charge in [-0.25, -0.2) is 0 Å². The van der Waals surface area contributed by atoms with E-state index >= 15 is 0 Å². The summed E-state index contributed by atoms with van der Waals surface area (Å²) in [6, 6.07) is 0. The van der Waals surface area contributed by atoms with Crippen molar-refractivity contribution in [2.45, 2.75) is 40.2 Å². The molecule has 0 atom stereocenters. The normalized spacial score (nSPS) is 18.5. The maximum Gasteiger partial charge on any atom is 0.0361 e. The summed E-state index contributed by atoms with van der Waals surface area (Å²) in [6.45, 7) is 14.9. The van der Waals surface area contributed by atoms with Crippen molar-refractivity contribution in [1.29, 1.82) is 0 Å². The first-order valence-electron chi connectivity index (χ1n) is 4.67. The van der Waals surface area contributed by atoms with Crippen molar-refractivity contribution in [2.75, 3.05) is 0 Å². The molecular formula is C12H19N. The Kier molecular flexibility index (Phi) is 2.38. The van der Waals surface area contributed by atoms with E-state index in [9.17, 15) is 0 Å². The summed E-state index contributed by atoms with van der Waals surface area (Å²) in [4.78, 5) is 2.22. The van der Waals surface area contributed by atoms with Crippen LogP contribution in [0.25, 0.3) is 0 Å². The van der Waals surface area contributed by atoms with Gasteiger partial charge in [-0.2, -0.15) is 0 Å². The molecule has 0 unspecified atom stereocenters. The average Bonchev–Trinajstić information content (AvgIpc) is 1.94. The van der Waals surface area contributed by atoms with Gasteiger partial charge in [-0.05, 0) is 51.8 Å². The Hall–Kier alpha value is -0.980. The highest BCUT2D eigenvalue weighted by Gasteiger charge is 2.22. The van der Waals surface area contributed by atoms with E-state index < -0.39 is 0 Å². The summed E-state index contributed by atoms with van der Waals surface area (Å²) in [7, 11) is 0. The number of hydrogen-bond acceptors (Lipinski definition) is 1. The molecule has 0 saturated heterocycles. The lowest BCUT2D eigenvalue weighted by atomic mass is 9.99. The molecule has 1 nitrogen and oxygen atoms in total. The Balaban J connectivity index is 3.01. The number of rotatable bonds is 0. The van der Waals surface area contributed by atoms with Gasteiger partial charge in [0.2, 0.25) is 0 Å². The van der Waals surface area contributed by atoms with Gasteiger partial charge in [-0.15, -0.1) is 0 Å². The van der Waals surface area contributed by atoms with E-state index in [2.05, 4.69) is 58.4 Å². The SMILES string of the molecule is C=C1C=C(C)C(C)=CN1C(C)(C)C. The smallest absolute Gasteiger partial charge is 0.0361 e. The van der Waals surface area contributed by atoms with E-state index in [-0.39, 0.29) is 5.54 Å². The van der Waals surface area contributed by atoms with Crippen LogP contribution >= 0.6 is 0 Å². The Labute approximate surface area is 81.4 Å². The summed E-state index contributed by atoms with van der Waals surface area (Å²) in [5.41, 5.74) is 3.83. The summed E-state index contributed by atoms with van der Waals surface area (Å²) in [5, 5.41) is 0. The van der Waals surface area contributed by atoms with Gasteiger partial charge in [0.25, 0.3) is 0 Å². The molecule has 0 aliphatic carbocycles. The fraction of sp³-hybridized carbons (Fsp3) is 0.500. The second-order valence-electron chi connectivity index (χ2n) is 4.67. The third kappa shape index (κ3) is 2.03. The van der Waals surface area contributed by atoms with Crippen LogP contribution in [0.5, 0.6) is 0 Å². The fourth-order valence-electron chi connectivity index (χ4n) is 1.44. The Bertz CT molecular complexity index is 287. The monoisotopic (exact) mass is 177 g/mol. The Morgan fingerprint density at radius 3 is 2.15 bits per heavy atom. The number of hydrogen-bond donors (Lipinski definition) is 0. The fourth-order valence-corrected chi connectivity index (χ4v) is 1.44. The molecule has 1 rings (SSSR count). The van der Waals surface area contributed by atoms with Crippen LogP contribution in [0.1, 0.15) is 34.6 Å². The molecule has 0 aromatic heterocycles. The highest BCUT2D eigenvalue weighted by molar-refractivity contribution is 5.39. The van der Waals surface area contributed by atoms with Crippen LogP contribution in [0.15, 0.2) is 35.7 Å². The number of nitrogens with zero attached hydrogens (tertiary/aromatic N) is 1. The van der Waals surface area contributed by atoms with Crippen molar-refractivity contribution in [3.63, 3.8) is 0 Å². The van der Waals surface area contributed by atoms with E-state index in [1.54, 1.807) is 0 Å². The second-order valence-corrected chi connectivity index (χ2v) is 4.67. The van der Waals surface area contributed by atoms with Crippen molar-refractivity contribution in [3.8, 4) is 0 Å². The topological polar surface area (TPSA) is 3.24 Å². The molecule has 1 aliphatic rings. The van der Waals surface area contributed by atoms with Gasteiger partial charge < -0.3 is 4.90 Å². The van der Waals surface area contributed by atoms with E-state index in [1.165, 1.54) is 11.1 Å². The zero-order valence-corrected chi connectivity index (χ0v) is 9.31. The molecular weight excluding hydrogens is 158 g/mol. The molecule has 0 bridgehead atoms. The Morgan fingerprint density at radius 1 is 1.15 bits per heavy atom. The highest BCUT2D eigenvalue weighted by Crippen LogP contribution is 2.27. The van der Waals surface area contributed by atoms with Crippen molar-refractivity contribution in [2.24, 2.45) is 0 Å². The van der Waals surface area contributed by atoms with Gasteiger partial charge in [-0.3, -0.25) is 0 Å². The minimum Gasteiger partial charge on any atom is -0.343 e. The molecule has 13 heavy (non-hydrogen) atoms. The van der Waals surface area contributed by atoms with E-state index in [0.717, 1.165) is 5.70 Å². The standard InChI is InChI=1S/C12H19N/c1-9-7-11(3)13(8-10(9)2)12(4,5)6/h7-8H,3H2,1-2,4-6H3. The van der Waals surface area contributed by atoms with Gasteiger partial charge in [-0.1, -0.05) is 6.58 Å². The summed E-state index contributed by atoms with van der Waals surface area (Å²) in [6.07, 6.45) is 4.32. The quantitative estimate of drug-likeness (QED) is 0.547. The van der Waals surface area contributed by atoms with E-state index in [1.807, 2.05) is 0 Å². The summed E-state index contributed by atoms with van der Waals surface area (Å²) >= 11 is 0. The molecule has 72 valence electrons. The molecule has 0 aromatic carbocycles. The highest BCUT2D eigenvalue weighted by atomic mass is 15.2. The van der Waals surface area contributed by atoms with Crippen LogP contribution in [-0.4, -0.2) is 10.4 Å². The van der Waals surface area contributed by atoms with E-state index in [0.29, 0.717) is 0 Å². The van der Waals surface area contributed by atoms with Crippen LogP contribution in [0.3, 0.4) is 0 Å². The van der Waals surface area contributed by atoms with Crippen LogP contribution in [0.2, 0.25) is 0 Å². The molecule has 0 aromatic rings. The first-order chi connectivity index (χ1) is 5.82. The predicted octanol–water partition coefficient (Wildman–Crippen LogP) is 3.46. The van der Waals surface area contributed by atoms with Crippen LogP contribution in [-0.2, 0) is 0 Å². The minimum atomic E-state index is 0.121. The zero-order chi connectivity index (χ0) is 10.2. The maximum atomic E-state index is 4.05. The third-order valence-corrected chi connectivity index (χ3v) is 2.36. The van der Waals surface area contributed by atoms with Gasteiger partial charge in [0.1, 0.15) is 0 Å². The largest absolute Gasteiger partial charge is 0.343 e. The molecule has 0 spiro atoms. The van der Waals surface area contributed by atoms with Crippen molar-refractivity contribution in [1.82, 2.24) is 4.90 Å². The lowest BCUT2D eigenvalue weighted by molar-refractivity contribution is 0.262. The van der Waals surface area contributed by atoms with Crippen molar-refractivity contribution < 1.29 is 0 Å². The molecule has 0 radical (unpaired) electrons. The van der Waals surface area contributed by atoms with Gasteiger partial charge >= 0.3 is 0 Å². The van der Waals surface area contributed by atoms with Gasteiger partial charge in [0, 0.05) is 17.4 Å². The molecule has 0 N–H and O–H groups in total. The van der Waals surface area contributed by atoms with Crippen LogP contribution in [0.4, 0.5) is 0 Å². The van der Waals surface area contributed by atoms with Crippen LogP contribution in [0, 0.1) is 0 Å². The summed E-state index contributed by atoms with van der Waals surface area (Å²) in [5.74, 6) is 0. The minimum absolute atomic E-state index is 0.121. The first kappa shape index (κ1) is 10.1. The molecule has 1 aliphatic heterocycles. The molecule has 0 fully saturated rings. The number of allylic oxidation sites excluding steroid dienone is 3. The molecule has 0 amide bonds. The van der Waals surface area contributed by atoms with Crippen molar-refractivity contribution in [3.05, 3.63) is 35.7 Å². The van der Waals surface area contributed by atoms with Gasteiger partial charge in [0.05, 0.1) is 0 Å². The lowest BCUT2D eigenvalue weighted by Gasteiger charge is -2.38. The third-order valence-electron chi connectivity index (χ3n) is 2.36. The Morgan fingerprint density at radius 2 is 1.69 bits per heavy atom. The lowest BCUT2D eigenvalue weighted by Crippen LogP contribution is -2.37. The summed E-state index contributed by atoms with van der Waals surface area (Å²) < 4.78 is 0. The zero-order valence-electron chi connectivity index (χ0n) is 9.31. The molecule has 1 heteroatoms. The van der Waals surface area contributed by atoms with Gasteiger partial charge in [0.15, 0.2) is 0 Å². The molecule has 1 heterocycles. The second kappa shape index (κ2) is 3.06. The first-order valence-corrected chi connectivity index (χ1v) is 4.67. The maximum absolute atomic E-state index is 4.05. The average molecular weight is 177 g/mol.